The van der Waals surface area contributed by atoms with Crippen LogP contribution in [0, 0.1) is 40.9 Å². The van der Waals surface area contributed by atoms with Gasteiger partial charge in [-0.1, -0.05) is 57.1 Å². The number of carbonyl (C=O) groups is 1. The lowest BCUT2D eigenvalue weighted by atomic mass is 9.53. The lowest BCUT2D eigenvalue weighted by Gasteiger charge is -2.52. The monoisotopic (exact) mass is 372 g/mol. The topological polar surface area (TPSA) is 57.5 Å². The van der Waals surface area contributed by atoms with Crippen molar-refractivity contribution >= 4 is 5.97 Å². The normalized spacial score (nSPS) is 44.3. The van der Waals surface area contributed by atoms with E-state index in [0.29, 0.717) is 35.5 Å². The highest BCUT2D eigenvalue weighted by Crippen LogP contribution is 2.73. The number of allylic oxidation sites excluding steroid dienone is 5. The Labute approximate surface area is 164 Å². The zero-order valence-electron chi connectivity index (χ0n) is 17.3. The lowest BCUT2D eigenvalue weighted by Crippen LogP contribution is -2.49. The van der Waals surface area contributed by atoms with Crippen LogP contribution >= 0.6 is 0 Å². The fourth-order valence-corrected chi connectivity index (χ4v) is 6.53. The third-order valence-corrected chi connectivity index (χ3v) is 7.74. The molecule has 3 fully saturated rings. The van der Waals surface area contributed by atoms with Crippen molar-refractivity contribution in [2.45, 2.75) is 65.9 Å². The molecule has 8 atom stereocenters. The molecule has 150 valence electrons. The molecule has 2 N–H and O–H groups in total. The molecule has 0 aromatic carbocycles. The number of aliphatic carboxylic acids is 1. The van der Waals surface area contributed by atoms with Gasteiger partial charge in [0.05, 0.1) is 6.10 Å². The summed E-state index contributed by atoms with van der Waals surface area (Å²) in [7, 11) is 0. The van der Waals surface area contributed by atoms with E-state index in [1.54, 1.807) is 6.08 Å². The molecule has 0 spiro atoms. The molecule has 3 nitrogen and oxygen atoms in total. The predicted octanol–water partition coefficient (Wildman–Crippen LogP) is 5.23. The van der Waals surface area contributed by atoms with Crippen molar-refractivity contribution in [1.29, 1.82) is 0 Å². The van der Waals surface area contributed by atoms with Crippen molar-refractivity contribution in [2.24, 2.45) is 40.9 Å². The van der Waals surface area contributed by atoms with E-state index in [1.165, 1.54) is 18.1 Å². The number of hydrogen-bond acceptors (Lipinski definition) is 2. The molecular formula is C24H36O3. The van der Waals surface area contributed by atoms with E-state index in [-0.39, 0.29) is 11.5 Å². The van der Waals surface area contributed by atoms with Gasteiger partial charge in [0.15, 0.2) is 0 Å². The number of hydrogen-bond donors (Lipinski definition) is 2. The Hall–Kier alpha value is -1.35. The fourth-order valence-electron chi connectivity index (χ4n) is 6.53. The van der Waals surface area contributed by atoms with Crippen LogP contribution in [0.5, 0.6) is 0 Å². The number of carboxylic acid groups (broad SMARTS) is 1. The number of fused-ring (bicyclic) bond motifs is 3. The molecule has 0 unspecified atom stereocenters. The van der Waals surface area contributed by atoms with Crippen molar-refractivity contribution in [1.82, 2.24) is 0 Å². The predicted molar refractivity (Wildman–Crippen MR) is 109 cm³/mol. The molecule has 3 saturated carbocycles. The van der Waals surface area contributed by atoms with Gasteiger partial charge in [0.1, 0.15) is 0 Å². The Kier molecular flexibility index (Phi) is 6.00. The molecule has 0 aliphatic heterocycles. The number of unbranched alkanes of at least 4 members (excludes halogenated alkanes) is 1. The largest absolute Gasteiger partial charge is 0.478 e. The van der Waals surface area contributed by atoms with Crippen molar-refractivity contribution in [3.05, 3.63) is 36.0 Å². The van der Waals surface area contributed by atoms with Crippen molar-refractivity contribution in [2.75, 3.05) is 0 Å². The maximum absolute atomic E-state index is 10.8. The highest BCUT2D eigenvalue weighted by Gasteiger charge is 2.68. The second-order valence-corrected chi connectivity index (χ2v) is 9.47. The Morgan fingerprint density at radius 1 is 1.22 bits per heavy atom. The van der Waals surface area contributed by atoms with E-state index < -0.39 is 5.97 Å². The zero-order chi connectivity index (χ0) is 19.8. The summed E-state index contributed by atoms with van der Waals surface area (Å²) in [6.45, 7) is 9.28. The highest BCUT2D eigenvalue weighted by atomic mass is 16.4. The van der Waals surface area contributed by atoms with Crippen LogP contribution in [0.15, 0.2) is 36.0 Å². The average Bonchev–Trinajstić information content (AvgIpc) is 3.30. The SMILES string of the molecule is CCCC=C(C)[C@H]1[C@@H](C=CC=CC(=O)O)[C@H]2[C@@H]([C@H]3C[C@]31C)[C@@H](O)CC[C@@H]2C. The third-order valence-electron chi connectivity index (χ3n) is 7.74. The third kappa shape index (κ3) is 3.81. The second-order valence-electron chi connectivity index (χ2n) is 9.47. The Morgan fingerprint density at radius 2 is 1.96 bits per heavy atom. The van der Waals surface area contributed by atoms with Gasteiger partial charge in [-0.3, -0.25) is 0 Å². The molecule has 3 aliphatic rings. The summed E-state index contributed by atoms with van der Waals surface area (Å²) in [5, 5.41) is 19.7. The first-order valence-electron chi connectivity index (χ1n) is 10.7. The van der Waals surface area contributed by atoms with Crippen LogP contribution in [0.25, 0.3) is 0 Å². The van der Waals surface area contributed by atoms with Crippen molar-refractivity contribution < 1.29 is 15.0 Å². The smallest absolute Gasteiger partial charge is 0.328 e. The average molecular weight is 373 g/mol. The quantitative estimate of drug-likeness (QED) is 0.381. The summed E-state index contributed by atoms with van der Waals surface area (Å²) < 4.78 is 0. The first-order chi connectivity index (χ1) is 12.8. The Morgan fingerprint density at radius 3 is 2.63 bits per heavy atom. The molecule has 0 aromatic heterocycles. The summed E-state index contributed by atoms with van der Waals surface area (Å²) in [4.78, 5) is 10.8. The molecule has 3 rings (SSSR count). The minimum atomic E-state index is -0.910. The molecule has 3 aliphatic carbocycles. The van der Waals surface area contributed by atoms with Crippen LogP contribution in [0.2, 0.25) is 0 Å². The molecule has 3 heteroatoms. The van der Waals surface area contributed by atoms with E-state index in [0.717, 1.165) is 25.7 Å². The maximum atomic E-state index is 10.8. The fraction of sp³-hybridized carbons (Fsp3) is 0.708. The highest BCUT2D eigenvalue weighted by molar-refractivity contribution is 5.80. The summed E-state index contributed by atoms with van der Waals surface area (Å²) in [5.74, 6) is 2.07. The summed E-state index contributed by atoms with van der Waals surface area (Å²) >= 11 is 0. The summed E-state index contributed by atoms with van der Waals surface area (Å²) in [6.07, 6.45) is 14.8. The maximum Gasteiger partial charge on any atom is 0.328 e. The molecule has 0 amide bonds. The van der Waals surface area contributed by atoms with Crippen molar-refractivity contribution in [3.8, 4) is 0 Å². The number of rotatable bonds is 6. The van der Waals surface area contributed by atoms with Gasteiger partial charge in [-0.25, -0.2) is 4.79 Å². The molecule has 0 saturated heterocycles. The Bertz CT molecular complexity index is 646. The number of aliphatic hydroxyl groups is 1. The van der Waals surface area contributed by atoms with Crippen LogP contribution in [-0.2, 0) is 4.79 Å². The molecule has 0 aromatic rings. The minimum absolute atomic E-state index is 0.177. The van der Waals surface area contributed by atoms with Gasteiger partial charge >= 0.3 is 5.97 Å². The van der Waals surface area contributed by atoms with Gasteiger partial charge in [-0.15, -0.1) is 0 Å². The number of carboxylic acids is 1. The van der Waals surface area contributed by atoms with Gasteiger partial charge < -0.3 is 10.2 Å². The van der Waals surface area contributed by atoms with Gasteiger partial charge in [0.25, 0.3) is 0 Å². The zero-order valence-corrected chi connectivity index (χ0v) is 17.3. The van der Waals surface area contributed by atoms with Gasteiger partial charge in [-0.2, -0.15) is 0 Å². The first-order valence-corrected chi connectivity index (χ1v) is 10.7. The van der Waals surface area contributed by atoms with Crippen molar-refractivity contribution in [3.63, 3.8) is 0 Å². The van der Waals surface area contributed by atoms with E-state index in [2.05, 4.69) is 39.8 Å². The summed E-state index contributed by atoms with van der Waals surface area (Å²) in [6, 6.07) is 0. The van der Waals surface area contributed by atoms with Crippen LogP contribution < -0.4 is 0 Å². The van der Waals surface area contributed by atoms with E-state index in [4.69, 9.17) is 5.11 Å². The van der Waals surface area contributed by atoms with Crippen LogP contribution in [0.1, 0.15) is 59.8 Å². The first kappa shape index (κ1) is 20.4. The van der Waals surface area contributed by atoms with Gasteiger partial charge in [0, 0.05) is 6.08 Å². The Balaban J connectivity index is 1.98. The van der Waals surface area contributed by atoms with Crippen LogP contribution in [0.4, 0.5) is 0 Å². The van der Waals surface area contributed by atoms with Gasteiger partial charge in [0.2, 0.25) is 0 Å². The molecule has 27 heavy (non-hydrogen) atoms. The summed E-state index contributed by atoms with van der Waals surface area (Å²) in [5.41, 5.74) is 1.77. The second kappa shape index (κ2) is 7.95. The molecule has 0 bridgehead atoms. The number of aliphatic hydroxyl groups excluding tert-OH is 1. The molecular weight excluding hydrogens is 336 g/mol. The van der Waals surface area contributed by atoms with Crippen LogP contribution in [0.3, 0.4) is 0 Å². The lowest BCUT2D eigenvalue weighted by molar-refractivity contribution is -0.131. The molecule has 0 heterocycles. The van der Waals surface area contributed by atoms with Gasteiger partial charge in [-0.05, 0) is 73.5 Å². The minimum Gasteiger partial charge on any atom is -0.478 e. The van der Waals surface area contributed by atoms with Crippen LogP contribution in [-0.4, -0.2) is 22.3 Å². The standard InChI is InChI=1S/C24H36O3/c1-5-6-9-16(3)23-17(10-7-8-11-20(26)27)21-15(2)12-13-19(25)22(21)18-14-24(18,23)4/h7-11,15,17-19,21-23,25H,5-6,12-14H2,1-4H3,(H,26,27)/t15-,17-,18+,19-,21-,22-,23-,24+/m0/s1. The van der Waals surface area contributed by atoms with E-state index in [9.17, 15) is 9.90 Å². The van der Waals surface area contributed by atoms with E-state index >= 15 is 0 Å². The van der Waals surface area contributed by atoms with E-state index in [1.807, 2.05) is 6.08 Å². The molecule has 0 radical (unpaired) electrons.